The summed E-state index contributed by atoms with van der Waals surface area (Å²) < 4.78 is 6.33. The van der Waals surface area contributed by atoms with Crippen molar-refractivity contribution in [2.45, 2.75) is 26.2 Å². The summed E-state index contributed by atoms with van der Waals surface area (Å²) in [6, 6.07) is 24.5. The number of fused-ring (bicyclic) bond motifs is 1. The van der Waals surface area contributed by atoms with Gasteiger partial charge in [0.25, 0.3) is 5.91 Å². The topological polar surface area (TPSA) is 104 Å². The summed E-state index contributed by atoms with van der Waals surface area (Å²) >= 11 is 0. The molecular formula is C33H36N4O3. The van der Waals surface area contributed by atoms with E-state index in [9.17, 15) is 14.9 Å². The molecule has 40 heavy (non-hydrogen) atoms. The molecule has 1 aromatic heterocycles. The average molecular weight is 537 g/mol. The van der Waals surface area contributed by atoms with Crippen LogP contribution in [0.1, 0.15) is 46.2 Å². The average Bonchev–Trinajstić information content (AvgIpc) is 2.97. The quantitative estimate of drug-likeness (QED) is 0.290. The molecule has 0 aliphatic carbocycles. The molecule has 3 aromatic carbocycles. The van der Waals surface area contributed by atoms with E-state index in [0.717, 1.165) is 11.3 Å². The van der Waals surface area contributed by atoms with Crippen molar-refractivity contribution in [1.82, 2.24) is 4.90 Å². The fourth-order valence-corrected chi connectivity index (χ4v) is 4.91. The Balaban J connectivity index is 1.66. The van der Waals surface area contributed by atoms with Crippen LogP contribution in [0.15, 0.2) is 82.0 Å². The lowest BCUT2D eigenvalue weighted by Crippen LogP contribution is -2.37. The smallest absolute Gasteiger partial charge is 0.253 e. The second kappa shape index (κ2) is 13.1. The maximum absolute atomic E-state index is 13.7. The molecule has 0 bridgehead atoms. The third-order valence-electron chi connectivity index (χ3n) is 7.02. The van der Waals surface area contributed by atoms with Crippen molar-refractivity contribution in [2.24, 2.45) is 11.7 Å². The molecule has 0 saturated carbocycles. The number of nitrogens with two attached hydrogens (primary N) is 1. The first kappa shape index (κ1) is 28.6. The Morgan fingerprint density at radius 3 is 2.52 bits per heavy atom. The zero-order valence-corrected chi connectivity index (χ0v) is 23.4. The molecule has 0 radical (unpaired) electrons. The number of carbonyl (C=O) groups is 1. The summed E-state index contributed by atoms with van der Waals surface area (Å²) in [5.41, 5.74) is 9.75. The highest BCUT2D eigenvalue weighted by atomic mass is 16.3. The van der Waals surface area contributed by atoms with Gasteiger partial charge in [-0.1, -0.05) is 43.3 Å². The van der Waals surface area contributed by atoms with Crippen molar-refractivity contribution in [1.29, 1.82) is 5.26 Å². The number of hydrogen-bond donors (Lipinski definition) is 1. The Morgan fingerprint density at radius 2 is 1.82 bits per heavy atom. The molecule has 1 heterocycles. The van der Waals surface area contributed by atoms with Crippen LogP contribution in [-0.4, -0.2) is 44.5 Å². The number of rotatable bonds is 11. The molecule has 0 aliphatic heterocycles. The third-order valence-corrected chi connectivity index (χ3v) is 7.02. The molecule has 0 saturated heterocycles. The fraction of sp³-hybridized carbons (Fsp3) is 0.303. The van der Waals surface area contributed by atoms with Gasteiger partial charge in [-0.25, -0.2) is 0 Å². The zero-order chi connectivity index (χ0) is 28.6. The molecule has 7 nitrogen and oxygen atoms in total. The summed E-state index contributed by atoms with van der Waals surface area (Å²) in [7, 11) is 3.89. The molecule has 4 rings (SSSR count). The first-order chi connectivity index (χ1) is 19.3. The number of nitrogens with zero attached hydrogens (tertiary/aromatic N) is 3. The Bertz CT molecular complexity index is 1570. The van der Waals surface area contributed by atoms with Gasteiger partial charge in [0.05, 0.1) is 17.0 Å². The Morgan fingerprint density at radius 1 is 1.05 bits per heavy atom. The van der Waals surface area contributed by atoms with Gasteiger partial charge in [0.15, 0.2) is 5.43 Å². The van der Waals surface area contributed by atoms with Gasteiger partial charge in [-0.3, -0.25) is 9.59 Å². The minimum Gasteiger partial charge on any atom is -0.460 e. The van der Waals surface area contributed by atoms with E-state index in [1.54, 1.807) is 18.2 Å². The van der Waals surface area contributed by atoms with Crippen LogP contribution >= 0.6 is 0 Å². The minimum absolute atomic E-state index is 0.00645. The second-order valence-electron chi connectivity index (χ2n) is 10.5. The van der Waals surface area contributed by atoms with Gasteiger partial charge in [0.2, 0.25) is 0 Å². The summed E-state index contributed by atoms with van der Waals surface area (Å²) in [5.74, 6) is 0.532. The van der Waals surface area contributed by atoms with Crippen LogP contribution in [0.5, 0.6) is 0 Å². The molecule has 1 unspecified atom stereocenters. The minimum atomic E-state index is -0.0895. The number of hydrogen-bond acceptors (Lipinski definition) is 6. The van der Waals surface area contributed by atoms with Gasteiger partial charge < -0.3 is 20.0 Å². The van der Waals surface area contributed by atoms with Crippen molar-refractivity contribution >= 4 is 22.6 Å². The molecular weight excluding hydrogens is 500 g/mol. The van der Waals surface area contributed by atoms with E-state index in [2.05, 4.69) is 13.0 Å². The highest BCUT2D eigenvalue weighted by Gasteiger charge is 2.22. The zero-order valence-electron chi connectivity index (χ0n) is 23.4. The maximum Gasteiger partial charge on any atom is 0.253 e. The largest absolute Gasteiger partial charge is 0.460 e. The molecule has 0 fully saturated rings. The van der Waals surface area contributed by atoms with Crippen molar-refractivity contribution in [2.75, 3.05) is 38.6 Å². The van der Waals surface area contributed by atoms with E-state index in [0.29, 0.717) is 72.3 Å². The second-order valence-corrected chi connectivity index (χ2v) is 10.5. The van der Waals surface area contributed by atoms with E-state index >= 15 is 0 Å². The van der Waals surface area contributed by atoms with Crippen LogP contribution in [0.4, 0.5) is 5.69 Å². The SMILES string of the molecule is CC(Cc1oc2cc(C#N)ccc2c(=O)c1Cc1ccccc1)CN(CCCN)C(=O)c1cccc(N(C)C)c1. The Labute approximate surface area is 235 Å². The van der Waals surface area contributed by atoms with E-state index in [1.165, 1.54) is 0 Å². The van der Waals surface area contributed by atoms with Crippen LogP contribution < -0.4 is 16.1 Å². The monoisotopic (exact) mass is 536 g/mol. The van der Waals surface area contributed by atoms with Crippen molar-refractivity contribution < 1.29 is 9.21 Å². The molecule has 4 aromatic rings. The lowest BCUT2D eigenvalue weighted by Gasteiger charge is -2.27. The van der Waals surface area contributed by atoms with Gasteiger partial charge in [-0.15, -0.1) is 0 Å². The number of benzene rings is 3. The van der Waals surface area contributed by atoms with E-state index in [4.69, 9.17) is 10.2 Å². The van der Waals surface area contributed by atoms with Gasteiger partial charge in [-0.2, -0.15) is 5.26 Å². The molecule has 1 atom stereocenters. The van der Waals surface area contributed by atoms with E-state index in [1.807, 2.05) is 78.5 Å². The van der Waals surface area contributed by atoms with Gasteiger partial charge in [0, 0.05) is 56.8 Å². The van der Waals surface area contributed by atoms with Crippen LogP contribution in [0.3, 0.4) is 0 Å². The molecule has 1 amide bonds. The molecule has 0 aliphatic rings. The molecule has 7 heteroatoms. The predicted molar refractivity (Wildman–Crippen MR) is 160 cm³/mol. The van der Waals surface area contributed by atoms with E-state index < -0.39 is 0 Å². The van der Waals surface area contributed by atoms with Crippen LogP contribution in [0.25, 0.3) is 11.0 Å². The van der Waals surface area contributed by atoms with Crippen molar-refractivity contribution in [3.8, 4) is 6.07 Å². The predicted octanol–water partition coefficient (Wildman–Crippen LogP) is 4.99. The Hall–Kier alpha value is -4.41. The first-order valence-electron chi connectivity index (χ1n) is 13.6. The molecule has 2 N–H and O–H groups in total. The number of nitriles is 1. The maximum atomic E-state index is 13.7. The number of anilines is 1. The van der Waals surface area contributed by atoms with Crippen LogP contribution in [0.2, 0.25) is 0 Å². The van der Waals surface area contributed by atoms with Gasteiger partial charge in [-0.05, 0) is 60.8 Å². The summed E-state index contributed by atoms with van der Waals surface area (Å²) in [5, 5.41) is 9.84. The number of carbonyl (C=O) groups excluding carboxylic acids is 1. The highest BCUT2D eigenvalue weighted by Crippen LogP contribution is 2.23. The van der Waals surface area contributed by atoms with Crippen LogP contribution in [-0.2, 0) is 12.8 Å². The van der Waals surface area contributed by atoms with Gasteiger partial charge >= 0.3 is 0 Å². The molecule has 206 valence electrons. The number of amides is 1. The lowest BCUT2D eigenvalue weighted by atomic mass is 9.96. The lowest BCUT2D eigenvalue weighted by molar-refractivity contribution is 0.0729. The van der Waals surface area contributed by atoms with Crippen molar-refractivity contribution in [3.05, 3.63) is 111 Å². The Kier molecular flexibility index (Phi) is 9.36. The normalized spacial score (nSPS) is 11.7. The highest BCUT2D eigenvalue weighted by molar-refractivity contribution is 5.95. The summed E-state index contributed by atoms with van der Waals surface area (Å²) in [6.45, 7) is 3.56. The van der Waals surface area contributed by atoms with Crippen molar-refractivity contribution in [3.63, 3.8) is 0 Å². The standard InChI is InChI=1S/C33H36N4O3/c1-23(22-37(16-8-15-34)33(39)26-11-7-12-27(20-26)36(2)3)17-30-29(18-24-9-5-4-6-10-24)32(38)28-14-13-25(21-35)19-31(28)40-30/h4-7,9-14,19-20,23H,8,15-18,22,34H2,1-3H3. The van der Waals surface area contributed by atoms with Crippen LogP contribution in [0, 0.1) is 17.2 Å². The van der Waals surface area contributed by atoms with E-state index in [-0.39, 0.29) is 17.3 Å². The summed E-state index contributed by atoms with van der Waals surface area (Å²) in [6.07, 6.45) is 1.59. The van der Waals surface area contributed by atoms with Gasteiger partial charge in [0.1, 0.15) is 11.3 Å². The summed E-state index contributed by atoms with van der Waals surface area (Å²) in [4.78, 5) is 31.0. The third kappa shape index (κ3) is 6.77. The molecule has 0 spiro atoms. The first-order valence-corrected chi connectivity index (χ1v) is 13.6. The fourth-order valence-electron chi connectivity index (χ4n) is 4.91.